The van der Waals surface area contributed by atoms with Gasteiger partial charge in [-0.25, -0.2) is 0 Å². The Morgan fingerprint density at radius 1 is 0.842 bits per heavy atom. The molecule has 0 atom stereocenters. The van der Waals surface area contributed by atoms with Gasteiger partial charge in [0.2, 0.25) is 0 Å². The molecular formula is C17H26O2. The Bertz CT molecular complexity index is 336. The zero-order valence-corrected chi connectivity index (χ0v) is 12.4. The van der Waals surface area contributed by atoms with E-state index >= 15 is 0 Å². The van der Waals surface area contributed by atoms with Crippen LogP contribution in [0.2, 0.25) is 0 Å². The Balaban J connectivity index is 3.26. The van der Waals surface area contributed by atoms with E-state index in [4.69, 9.17) is 4.74 Å². The van der Waals surface area contributed by atoms with E-state index in [9.17, 15) is 4.79 Å². The van der Waals surface area contributed by atoms with Crippen LogP contribution < -0.4 is 0 Å². The molecule has 0 rings (SSSR count). The fourth-order valence-corrected chi connectivity index (χ4v) is 1.42. The molecule has 0 heterocycles. The van der Waals surface area contributed by atoms with Gasteiger partial charge in [0, 0.05) is 32.6 Å². The van der Waals surface area contributed by atoms with E-state index in [0.717, 1.165) is 44.9 Å². The maximum Gasteiger partial charge on any atom is 0.302 e. The van der Waals surface area contributed by atoms with Gasteiger partial charge in [-0.2, -0.15) is 0 Å². The highest BCUT2D eigenvalue weighted by Crippen LogP contribution is 1.97. The van der Waals surface area contributed by atoms with Crippen LogP contribution in [0.1, 0.15) is 71.6 Å². The first kappa shape index (κ1) is 17.6. The maximum atomic E-state index is 10.5. The van der Waals surface area contributed by atoms with Gasteiger partial charge in [-0.1, -0.05) is 13.3 Å². The van der Waals surface area contributed by atoms with Crippen LogP contribution in [0.15, 0.2) is 0 Å². The summed E-state index contributed by atoms with van der Waals surface area (Å²) in [6, 6.07) is 0. The van der Waals surface area contributed by atoms with Crippen LogP contribution >= 0.6 is 0 Å². The summed E-state index contributed by atoms with van der Waals surface area (Å²) in [6.45, 7) is 4.14. The quantitative estimate of drug-likeness (QED) is 0.374. The molecule has 0 N–H and O–H groups in total. The van der Waals surface area contributed by atoms with Gasteiger partial charge in [-0.3, -0.25) is 4.79 Å². The van der Waals surface area contributed by atoms with Gasteiger partial charge < -0.3 is 4.74 Å². The first-order valence-electron chi connectivity index (χ1n) is 7.32. The molecule has 0 aromatic rings. The molecule has 0 spiro atoms. The van der Waals surface area contributed by atoms with Crippen molar-refractivity contribution in [3.05, 3.63) is 0 Å². The zero-order valence-electron chi connectivity index (χ0n) is 12.4. The highest BCUT2D eigenvalue weighted by molar-refractivity contribution is 5.65. The standard InChI is InChI=1S/C17H26O2/c1-3-4-5-6-7-8-9-10-11-12-13-14-15-16-19-17(2)18/h3-5,8-10,13-16H2,1-2H3. The van der Waals surface area contributed by atoms with Gasteiger partial charge in [0.05, 0.1) is 6.61 Å². The third kappa shape index (κ3) is 16.6. The van der Waals surface area contributed by atoms with Crippen molar-refractivity contribution in [2.75, 3.05) is 6.61 Å². The lowest BCUT2D eigenvalue weighted by Crippen LogP contribution is -1.99. The second-order valence-electron chi connectivity index (χ2n) is 4.46. The molecule has 0 aliphatic carbocycles. The smallest absolute Gasteiger partial charge is 0.302 e. The van der Waals surface area contributed by atoms with E-state index in [1.54, 1.807) is 0 Å². The third-order valence-corrected chi connectivity index (χ3v) is 2.51. The number of carbonyl (C=O) groups is 1. The summed E-state index contributed by atoms with van der Waals surface area (Å²) in [5, 5.41) is 0. The minimum absolute atomic E-state index is 0.203. The highest BCUT2D eigenvalue weighted by Gasteiger charge is 1.91. The van der Waals surface area contributed by atoms with E-state index < -0.39 is 0 Å². The number of carbonyl (C=O) groups excluding carboxylic acids is 1. The van der Waals surface area contributed by atoms with E-state index in [2.05, 4.69) is 30.6 Å². The molecule has 0 radical (unpaired) electrons. The molecule has 0 bridgehead atoms. The maximum absolute atomic E-state index is 10.5. The Morgan fingerprint density at radius 2 is 1.37 bits per heavy atom. The van der Waals surface area contributed by atoms with E-state index in [0.29, 0.717) is 6.61 Å². The van der Waals surface area contributed by atoms with Crippen LogP contribution in [0, 0.1) is 23.7 Å². The fraction of sp³-hybridized carbons (Fsp3) is 0.706. The van der Waals surface area contributed by atoms with E-state index in [1.165, 1.54) is 19.8 Å². The highest BCUT2D eigenvalue weighted by atomic mass is 16.5. The molecule has 106 valence electrons. The summed E-state index contributed by atoms with van der Waals surface area (Å²) in [7, 11) is 0. The van der Waals surface area contributed by atoms with Crippen LogP contribution in [-0.4, -0.2) is 12.6 Å². The van der Waals surface area contributed by atoms with E-state index in [-0.39, 0.29) is 5.97 Å². The van der Waals surface area contributed by atoms with Crippen molar-refractivity contribution in [2.45, 2.75) is 71.6 Å². The summed E-state index contributed by atoms with van der Waals surface area (Å²) in [5.74, 6) is 12.5. The lowest BCUT2D eigenvalue weighted by atomic mass is 10.2. The van der Waals surface area contributed by atoms with Crippen molar-refractivity contribution in [1.82, 2.24) is 0 Å². The molecular weight excluding hydrogens is 236 g/mol. The number of esters is 1. The molecule has 0 aliphatic rings. The lowest BCUT2D eigenvalue weighted by Gasteiger charge is -1.98. The number of ether oxygens (including phenoxy) is 1. The third-order valence-electron chi connectivity index (χ3n) is 2.51. The van der Waals surface area contributed by atoms with Crippen molar-refractivity contribution >= 4 is 5.97 Å². The van der Waals surface area contributed by atoms with Gasteiger partial charge >= 0.3 is 5.97 Å². The average molecular weight is 262 g/mol. The molecule has 2 heteroatoms. The van der Waals surface area contributed by atoms with Crippen LogP contribution in [0.5, 0.6) is 0 Å². The van der Waals surface area contributed by atoms with Crippen molar-refractivity contribution < 1.29 is 9.53 Å². The molecule has 2 nitrogen and oxygen atoms in total. The first-order chi connectivity index (χ1) is 9.27. The predicted octanol–water partition coefficient (Wildman–Crippen LogP) is 4.09. The van der Waals surface area contributed by atoms with Crippen molar-refractivity contribution in [1.29, 1.82) is 0 Å². The van der Waals surface area contributed by atoms with Gasteiger partial charge in [0.25, 0.3) is 0 Å². The normalized spacial score (nSPS) is 8.95. The van der Waals surface area contributed by atoms with Crippen LogP contribution in [-0.2, 0) is 9.53 Å². The Kier molecular flexibility index (Phi) is 13.6. The number of hydrogen-bond acceptors (Lipinski definition) is 2. The topological polar surface area (TPSA) is 26.3 Å². The second-order valence-corrected chi connectivity index (χ2v) is 4.46. The summed E-state index contributed by atoms with van der Waals surface area (Å²) in [5.41, 5.74) is 0. The largest absolute Gasteiger partial charge is 0.466 e. The van der Waals surface area contributed by atoms with Crippen LogP contribution in [0.4, 0.5) is 0 Å². The first-order valence-corrected chi connectivity index (χ1v) is 7.32. The zero-order chi connectivity index (χ0) is 14.2. The van der Waals surface area contributed by atoms with Crippen molar-refractivity contribution in [3.8, 4) is 23.7 Å². The van der Waals surface area contributed by atoms with Crippen LogP contribution in [0.25, 0.3) is 0 Å². The van der Waals surface area contributed by atoms with Crippen molar-refractivity contribution in [2.24, 2.45) is 0 Å². The Morgan fingerprint density at radius 3 is 1.89 bits per heavy atom. The molecule has 0 saturated heterocycles. The van der Waals surface area contributed by atoms with Gasteiger partial charge in [0.1, 0.15) is 0 Å². The SMILES string of the molecule is CCCCC#CCCCC#CCCCCOC(C)=O. The summed E-state index contributed by atoms with van der Waals surface area (Å²) in [6.07, 6.45) is 9.22. The average Bonchev–Trinajstić information content (AvgIpc) is 2.39. The fourth-order valence-electron chi connectivity index (χ4n) is 1.42. The molecule has 0 aromatic carbocycles. The van der Waals surface area contributed by atoms with E-state index in [1.807, 2.05) is 0 Å². The second kappa shape index (κ2) is 14.7. The number of rotatable bonds is 8. The predicted molar refractivity (Wildman–Crippen MR) is 79.4 cm³/mol. The molecule has 0 aromatic heterocycles. The van der Waals surface area contributed by atoms with Crippen LogP contribution in [0.3, 0.4) is 0 Å². The lowest BCUT2D eigenvalue weighted by molar-refractivity contribution is -0.141. The molecule has 0 fully saturated rings. The van der Waals surface area contributed by atoms with Gasteiger partial charge in [0.15, 0.2) is 0 Å². The van der Waals surface area contributed by atoms with Gasteiger partial charge in [-0.15, -0.1) is 23.7 Å². The van der Waals surface area contributed by atoms with Gasteiger partial charge in [-0.05, 0) is 25.7 Å². The molecule has 0 saturated carbocycles. The minimum Gasteiger partial charge on any atom is -0.466 e. The summed E-state index contributed by atoms with van der Waals surface area (Å²) in [4.78, 5) is 10.5. The molecule has 19 heavy (non-hydrogen) atoms. The number of hydrogen-bond donors (Lipinski definition) is 0. The Hall–Kier alpha value is -1.41. The molecule has 0 amide bonds. The Labute approximate surface area is 118 Å². The summed E-state index contributed by atoms with van der Waals surface area (Å²) >= 11 is 0. The van der Waals surface area contributed by atoms with Crippen molar-refractivity contribution in [3.63, 3.8) is 0 Å². The minimum atomic E-state index is -0.203. The monoisotopic (exact) mass is 262 g/mol. The molecule has 0 aliphatic heterocycles. The summed E-state index contributed by atoms with van der Waals surface area (Å²) < 4.78 is 4.84. The molecule has 0 unspecified atom stereocenters. The number of unbranched alkanes of at least 4 members (excludes halogenated alkanes) is 6.